The molecule has 0 saturated carbocycles. The van der Waals surface area contributed by atoms with Crippen LogP contribution in [0, 0.1) is 0 Å². The van der Waals surface area contributed by atoms with Gasteiger partial charge in [-0.05, 0) is 35.7 Å². The zero-order valence-electron chi connectivity index (χ0n) is 13.7. The quantitative estimate of drug-likeness (QED) is 0.764. The van der Waals surface area contributed by atoms with Crippen molar-refractivity contribution in [1.82, 2.24) is 4.90 Å². The highest BCUT2D eigenvalue weighted by Crippen LogP contribution is 2.22. The van der Waals surface area contributed by atoms with Gasteiger partial charge in [-0.15, -0.1) is 0 Å². The molecule has 0 radical (unpaired) electrons. The maximum Gasteiger partial charge on any atom is 0.263 e. The molecule has 2 rings (SSSR count). The Morgan fingerprint density at radius 3 is 2.50 bits per heavy atom. The van der Waals surface area contributed by atoms with E-state index in [9.17, 15) is 4.79 Å². The fourth-order valence-corrected chi connectivity index (χ4v) is 2.59. The largest absolute Gasteiger partial charge is 0.481 e. The highest BCUT2D eigenvalue weighted by Gasteiger charge is 2.22. The number of rotatable bonds is 7. The molecule has 0 N–H and O–H groups in total. The van der Waals surface area contributed by atoms with E-state index in [2.05, 4.69) is 26.0 Å². The van der Waals surface area contributed by atoms with Crippen LogP contribution in [0.15, 0.2) is 42.5 Å². The molecule has 0 aliphatic heterocycles. The summed E-state index contributed by atoms with van der Waals surface area (Å²) in [6.07, 6.45) is 2.21. The molecule has 0 fully saturated rings. The highest BCUT2D eigenvalue weighted by molar-refractivity contribution is 5.84. The summed E-state index contributed by atoms with van der Waals surface area (Å²) in [6.45, 7) is 4.91. The van der Waals surface area contributed by atoms with E-state index >= 15 is 0 Å². The molecule has 3 nitrogen and oxygen atoms in total. The van der Waals surface area contributed by atoms with E-state index in [1.165, 1.54) is 5.39 Å². The van der Waals surface area contributed by atoms with Crippen LogP contribution in [-0.4, -0.2) is 30.5 Å². The number of amides is 1. The summed E-state index contributed by atoms with van der Waals surface area (Å²) >= 11 is 0. The van der Waals surface area contributed by atoms with Crippen LogP contribution in [0.25, 0.3) is 10.8 Å². The van der Waals surface area contributed by atoms with Gasteiger partial charge in [0.05, 0.1) is 0 Å². The molecule has 1 unspecified atom stereocenters. The molecule has 3 heteroatoms. The summed E-state index contributed by atoms with van der Waals surface area (Å²) < 4.78 is 6.00. The van der Waals surface area contributed by atoms with Crippen LogP contribution in [0.3, 0.4) is 0 Å². The van der Waals surface area contributed by atoms with E-state index in [1.807, 2.05) is 37.4 Å². The van der Waals surface area contributed by atoms with E-state index < -0.39 is 6.10 Å². The zero-order chi connectivity index (χ0) is 15.9. The number of ether oxygens (including phenoxy) is 1. The second-order valence-corrected chi connectivity index (χ2v) is 5.66. The zero-order valence-corrected chi connectivity index (χ0v) is 13.7. The first-order valence-corrected chi connectivity index (χ1v) is 8.06. The van der Waals surface area contributed by atoms with Crippen molar-refractivity contribution in [1.29, 1.82) is 0 Å². The van der Waals surface area contributed by atoms with Crippen LogP contribution in [0.5, 0.6) is 5.75 Å². The molecule has 2 aromatic carbocycles. The van der Waals surface area contributed by atoms with Crippen molar-refractivity contribution < 1.29 is 9.53 Å². The molecular formula is C19H25NO2. The van der Waals surface area contributed by atoms with Gasteiger partial charge in [0.15, 0.2) is 6.10 Å². The number of nitrogens with zero attached hydrogens (tertiary/aromatic N) is 1. The fraction of sp³-hybridized carbons (Fsp3) is 0.421. The van der Waals surface area contributed by atoms with E-state index in [1.54, 1.807) is 4.90 Å². The van der Waals surface area contributed by atoms with E-state index in [0.717, 1.165) is 36.9 Å². The lowest BCUT2D eigenvalue weighted by molar-refractivity contribution is -0.137. The number of carbonyl (C=O) groups excluding carboxylic acids is 1. The standard InChI is InChI=1S/C19H25NO2/c1-4-8-18(19(21)20(3)13-5-2)22-17-12-11-15-9-6-7-10-16(15)14-17/h6-7,9-12,14,18H,4-5,8,13H2,1-3H3. The normalized spacial score (nSPS) is 12.1. The molecule has 118 valence electrons. The third kappa shape index (κ3) is 4.00. The Morgan fingerprint density at radius 1 is 1.09 bits per heavy atom. The Morgan fingerprint density at radius 2 is 1.82 bits per heavy atom. The van der Waals surface area contributed by atoms with Crippen molar-refractivity contribution in [2.24, 2.45) is 0 Å². The number of benzene rings is 2. The number of carbonyl (C=O) groups is 1. The van der Waals surface area contributed by atoms with Crippen molar-refractivity contribution in [2.45, 2.75) is 39.2 Å². The molecule has 0 bridgehead atoms. The molecule has 0 aliphatic rings. The minimum atomic E-state index is -0.400. The van der Waals surface area contributed by atoms with Crippen LogP contribution in [-0.2, 0) is 4.79 Å². The molecule has 1 atom stereocenters. The third-order valence-electron chi connectivity index (χ3n) is 3.76. The van der Waals surface area contributed by atoms with Gasteiger partial charge in [-0.1, -0.05) is 50.6 Å². The average molecular weight is 299 g/mol. The van der Waals surface area contributed by atoms with Gasteiger partial charge in [-0.25, -0.2) is 0 Å². The first-order chi connectivity index (χ1) is 10.7. The monoisotopic (exact) mass is 299 g/mol. The Kier molecular flexibility index (Phi) is 5.82. The number of likely N-dealkylation sites (N-methyl/N-ethyl adjacent to an activating group) is 1. The molecule has 22 heavy (non-hydrogen) atoms. The number of hydrogen-bond donors (Lipinski definition) is 0. The summed E-state index contributed by atoms with van der Waals surface area (Å²) in [5, 5.41) is 2.31. The molecule has 0 heterocycles. The Balaban J connectivity index is 2.16. The third-order valence-corrected chi connectivity index (χ3v) is 3.76. The van der Waals surface area contributed by atoms with Gasteiger partial charge >= 0.3 is 0 Å². The van der Waals surface area contributed by atoms with Crippen LogP contribution >= 0.6 is 0 Å². The lowest BCUT2D eigenvalue weighted by atomic mass is 10.1. The Hall–Kier alpha value is -2.03. The summed E-state index contributed by atoms with van der Waals surface area (Å²) in [6, 6.07) is 14.1. The number of fused-ring (bicyclic) bond motifs is 1. The van der Waals surface area contributed by atoms with E-state index in [4.69, 9.17) is 4.74 Å². The molecule has 1 amide bonds. The van der Waals surface area contributed by atoms with Gasteiger partial charge in [0.2, 0.25) is 0 Å². The fourth-order valence-electron chi connectivity index (χ4n) is 2.59. The van der Waals surface area contributed by atoms with Gasteiger partial charge in [-0.3, -0.25) is 4.79 Å². The summed E-state index contributed by atoms with van der Waals surface area (Å²) in [7, 11) is 1.85. The number of hydrogen-bond acceptors (Lipinski definition) is 2. The van der Waals surface area contributed by atoms with Crippen molar-refractivity contribution in [3.63, 3.8) is 0 Å². The first kappa shape index (κ1) is 16.3. The summed E-state index contributed by atoms with van der Waals surface area (Å²) in [4.78, 5) is 14.3. The second kappa shape index (κ2) is 7.83. The van der Waals surface area contributed by atoms with Gasteiger partial charge in [0.25, 0.3) is 5.91 Å². The Bertz CT molecular complexity index is 624. The van der Waals surface area contributed by atoms with Gasteiger partial charge < -0.3 is 9.64 Å². The second-order valence-electron chi connectivity index (χ2n) is 5.66. The summed E-state index contributed by atoms with van der Waals surface area (Å²) in [5.41, 5.74) is 0. The molecule has 0 spiro atoms. The molecule has 0 aromatic heterocycles. The molecule has 2 aromatic rings. The van der Waals surface area contributed by atoms with Crippen LogP contribution in [0.2, 0.25) is 0 Å². The van der Waals surface area contributed by atoms with Crippen molar-refractivity contribution >= 4 is 16.7 Å². The minimum Gasteiger partial charge on any atom is -0.481 e. The lowest BCUT2D eigenvalue weighted by Crippen LogP contribution is -2.40. The maximum absolute atomic E-state index is 12.5. The smallest absolute Gasteiger partial charge is 0.263 e. The van der Waals surface area contributed by atoms with Crippen molar-refractivity contribution in [2.75, 3.05) is 13.6 Å². The summed E-state index contributed by atoms with van der Waals surface area (Å²) in [5.74, 6) is 0.826. The molecular weight excluding hydrogens is 274 g/mol. The minimum absolute atomic E-state index is 0.0665. The predicted octanol–water partition coefficient (Wildman–Crippen LogP) is 4.26. The van der Waals surface area contributed by atoms with Crippen molar-refractivity contribution in [3.8, 4) is 5.75 Å². The van der Waals surface area contributed by atoms with E-state index in [0.29, 0.717) is 0 Å². The van der Waals surface area contributed by atoms with Crippen LogP contribution in [0.1, 0.15) is 33.1 Å². The average Bonchev–Trinajstić information content (AvgIpc) is 2.54. The van der Waals surface area contributed by atoms with Crippen LogP contribution < -0.4 is 4.74 Å². The van der Waals surface area contributed by atoms with Gasteiger partial charge in [-0.2, -0.15) is 0 Å². The maximum atomic E-state index is 12.5. The van der Waals surface area contributed by atoms with Crippen molar-refractivity contribution in [3.05, 3.63) is 42.5 Å². The molecule has 0 saturated heterocycles. The highest BCUT2D eigenvalue weighted by atomic mass is 16.5. The van der Waals surface area contributed by atoms with E-state index in [-0.39, 0.29) is 5.91 Å². The Labute approximate surface area is 132 Å². The van der Waals surface area contributed by atoms with Crippen LogP contribution in [0.4, 0.5) is 0 Å². The predicted molar refractivity (Wildman–Crippen MR) is 91.2 cm³/mol. The first-order valence-electron chi connectivity index (χ1n) is 8.06. The molecule has 0 aliphatic carbocycles. The lowest BCUT2D eigenvalue weighted by Gasteiger charge is -2.24. The topological polar surface area (TPSA) is 29.5 Å². The van der Waals surface area contributed by atoms with Gasteiger partial charge in [0, 0.05) is 13.6 Å². The SMILES string of the molecule is CCCC(Oc1ccc2ccccc2c1)C(=O)N(C)CCC. The van der Waals surface area contributed by atoms with Gasteiger partial charge in [0.1, 0.15) is 5.75 Å².